The van der Waals surface area contributed by atoms with Crippen LogP contribution in [-0.4, -0.2) is 25.8 Å². The zero-order chi connectivity index (χ0) is 23.7. The Labute approximate surface area is 198 Å². The molecule has 10 heteroatoms. The minimum atomic E-state index is -0.661. The van der Waals surface area contributed by atoms with Crippen molar-refractivity contribution in [2.75, 3.05) is 10.6 Å². The van der Waals surface area contributed by atoms with E-state index in [1.54, 1.807) is 35.3 Å². The molecule has 0 aliphatic heterocycles. The van der Waals surface area contributed by atoms with Crippen molar-refractivity contribution in [1.29, 1.82) is 0 Å². The van der Waals surface area contributed by atoms with Gasteiger partial charge in [-0.05, 0) is 37.3 Å². The van der Waals surface area contributed by atoms with E-state index in [0.717, 1.165) is 11.4 Å². The molecule has 2 aromatic carbocycles. The molecule has 0 fully saturated rings. The number of carbonyl (C=O) groups excluding carboxylic acids is 1. The molecule has 0 aliphatic rings. The topological polar surface area (TPSA) is 96.9 Å². The highest BCUT2D eigenvalue weighted by molar-refractivity contribution is 6.36. The van der Waals surface area contributed by atoms with Gasteiger partial charge in [0.2, 0.25) is 0 Å². The molecule has 0 saturated carbocycles. The van der Waals surface area contributed by atoms with Crippen LogP contribution in [0.3, 0.4) is 0 Å². The Kier molecular flexibility index (Phi) is 5.60. The Morgan fingerprint density at radius 2 is 1.94 bits per heavy atom. The number of aryl methyl sites for hydroxylation is 1. The monoisotopic (exact) mass is 476 g/mol. The summed E-state index contributed by atoms with van der Waals surface area (Å²) in [5, 5.41) is 10.7. The van der Waals surface area contributed by atoms with E-state index >= 15 is 0 Å². The maximum Gasteiger partial charge on any atom is 0.324 e. The first-order chi connectivity index (χ1) is 16.5. The number of pyridine rings is 1. The summed E-state index contributed by atoms with van der Waals surface area (Å²) < 4.78 is 22.2. The number of urea groups is 1. The second-order valence-corrected chi connectivity index (χ2v) is 7.82. The minimum Gasteiger partial charge on any atom is -0.456 e. The lowest BCUT2D eigenvalue weighted by Gasteiger charge is -2.12. The highest BCUT2D eigenvalue weighted by atomic mass is 35.5. The third kappa shape index (κ3) is 4.28. The quantitative estimate of drug-likeness (QED) is 0.278. The number of halogens is 2. The number of hydrogen-bond donors (Lipinski definition) is 3. The van der Waals surface area contributed by atoms with E-state index in [2.05, 4.69) is 25.7 Å². The Morgan fingerprint density at radius 1 is 1.12 bits per heavy atom. The van der Waals surface area contributed by atoms with Gasteiger partial charge < -0.3 is 15.0 Å². The summed E-state index contributed by atoms with van der Waals surface area (Å²) >= 11 is 6.19. The minimum absolute atomic E-state index is 0.00750. The molecule has 0 spiro atoms. The Morgan fingerprint density at radius 3 is 2.74 bits per heavy atom. The number of ether oxygens (including phenoxy) is 1. The van der Waals surface area contributed by atoms with Crippen molar-refractivity contribution < 1.29 is 13.9 Å². The van der Waals surface area contributed by atoms with Crippen LogP contribution in [0.4, 0.5) is 20.7 Å². The van der Waals surface area contributed by atoms with Crippen molar-refractivity contribution in [2.45, 2.75) is 6.92 Å². The van der Waals surface area contributed by atoms with Crippen LogP contribution in [0.1, 0.15) is 5.69 Å². The molecular formula is C24H18ClFN6O2. The van der Waals surface area contributed by atoms with Crippen LogP contribution in [0.25, 0.3) is 16.7 Å². The summed E-state index contributed by atoms with van der Waals surface area (Å²) in [5.74, 6) is 0.460. The SMILES string of the molecule is Cc1cc(NC(=O)Nc2ccc(Oc3ccnc4[nH]cc(Cl)c34)cc2F)n(-c2ccccc2)n1. The maximum absolute atomic E-state index is 14.7. The number of carbonyl (C=O) groups is 1. The molecule has 0 atom stereocenters. The number of fused-ring (bicyclic) bond motifs is 1. The fraction of sp³-hybridized carbons (Fsp3) is 0.0417. The third-order valence-corrected chi connectivity index (χ3v) is 5.28. The molecule has 0 bridgehead atoms. The first-order valence-electron chi connectivity index (χ1n) is 10.3. The molecule has 170 valence electrons. The summed E-state index contributed by atoms with van der Waals surface area (Å²) in [6.45, 7) is 1.82. The fourth-order valence-corrected chi connectivity index (χ4v) is 3.72. The van der Waals surface area contributed by atoms with Crippen LogP contribution >= 0.6 is 11.6 Å². The van der Waals surface area contributed by atoms with E-state index in [1.165, 1.54) is 12.1 Å². The zero-order valence-electron chi connectivity index (χ0n) is 17.8. The second kappa shape index (κ2) is 8.87. The zero-order valence-corrected chi connectivity index (χ0v) is 18.6. The smallest absolute Gasteiger partial charge is 0.324 e. The van der Waals surface area contributed by atoms with Crippen molar-refractivity contribution in [2.24, 2.45) is 0 Å². The average Bonchev–Trinajstić information content (AvgIpc) is 3.39. The lowest BCUT2D eigenvalue weighted by atomic mass is 10.2. The van der Waals surface area contributed by atoms with Gasteiger partial charge in [-0.25, -0.2) is 18.9 Å². The molecule has 8 nitrogen and oxygen atoms in total. The van der Waals surface area contributed by atoms with Crippen molar-refractivity contribution in [3.63, 3.8) is 0 Å². The average molecular weight is 477 g/mol. The number of aromatic nitrogens is 4. The summed E-state index contributed by atoms with van der Waals surface area (Å²) in [6, 6.07) is 16.3. The highest BCUT2D eigenvalue weighted by Gasteiger charge is 2.14. The summed E-state index contributed by atoms with van der Waals surface area (Å²) in [6.07, 6.45) is 3.16. The largest absolute Gasteiger partial charge is 0.456 e. The Hall–Kier alpha value is -4.37. The number of benzene rings is 2. The predicted molar refractivity (Wildman–Crippen MR) is 129 cm³/mol. The molecule has 34 heavy (non-hydrogen) atoms. The number of amides is 2. The van der Waals surface area contributed by atoms with E-state index in [4.69, 9.17) is 16.3 Å². The van der Waals surface area contributed by atoms with E-state index in [9.17, 15) is 9.18 Å². The fourth-order valence-electron chi connectivity index (χ4n) is 3.49. The molecule has 3 aromatic heterocycles. The van der Waals surface area contributed by atoms with Gasteiger partial charge >= 0.3 is 6.03 Å². The number of anilines is 2. The molecule has 5 rings (SSSR count). The van der Waals surface area contributed by atoms with Gasteiger partial charge in [-0.3, -0.25) is 5.32 Å². The molecular weight excluding hydrogens is 459 g/mol. The molecule has 3 N–H and O–H groups in total. The van der Waals surface area contributed by atoms with E-state index in [0.29, 0.717) is 27.6 Å². The van der Waals surface area contributed by atoms with Crippen molar-refractivity contribution in [1.82, 2.24) is 19.7 Å². The van der Waals surface area contributed by atoms with Gasteiger partial charge in [0.15, 0.2) is 0 Å². The first-order valence-corrected chi connectivity index (χ1v) is 10.6. The van der Waals surface area contributed by atoms with Crippen LogP contribution in [-0.2, 0) is 0 Å². The molecule has 3 heterocycles. The van der Waals surface area contributed by atoms with Crippen LogP contribution in [0.15, 0.2) is 73.1 Å². The number of nitrogens with zero attached hydrogens (tertiary/aromatic N) is 3. The van der Waals surface area contributed by atoms with Gasteiger partial charge in [0, 0.05) is 24.5 Å². The second-order valence-electron chi connectivity index (χ2n) is 7.41. The van der Waals surface area contributed by atoms with Crippen molar-refractivity contribution in [3.05, 3.63) is 89.6 Å². The van der Waals surface area contributed by atoms with Gasteiger partial charge in [-0.1, -0.05) is 29.8 Å². The molecule has 2 amide bonds. The van der Waals surface area contributed by atoms with Gasteiger partial charge in [0.25, 0.3) is 0 Å². The summed E-state index contributed by atoms with van der Waals surface area (Å²) in [4.78, 5) is 19.7. The van der Waals surface area contributed by atoms with Gasteiger partial charge in [-0.2, -0.15) is 5.10 Å². The van der Waals surface area contributed by atoms with Crippen molar-refractivity contribution >= 4 is 40.2 Å². The van der Waals surface area contributed by atoms with E-state index in [1.807, 2.05) is 37.3 Å². The van der Waals surface area contributed by atoms with Gasteiger partial charge in [0.1, 0.15) is 28.8 Å². The number of rotatable bonds is 5. The number of para-hydroxylation sites is 1. The number of aromatic amines is 1. The summed E-state index contributed by atoms with van der Waals surface area (Å²) in [5.41, 5.74) is 2.06. The molecule has 0 unspecified atom stereocenters. The number of H-pyrrole nitrogens is 1. The molecule has 0 aliphatic carbocycles. The third-order valence-electron chi connectivity index (χ3n) is 4.98. The van der Waals surface area contributed by atoms with Crippen LogP contribution in [0.2, 0.25) is 5.02 Å². The van der Waals surface area contributed by atoms with Gasteiger partial charge in [0.05, 0.1) is 27.5 Å². The molecule has 0 radical (unpaired) electrons. The first kappa shape index (κ1) is 21.5. The summed E-state index contributed by atoms with van der Waals surface area (Å²) in [7, 11) is 0. The normalized spacial score (nSPS) is 10.9. The molecule has 5 aromatic rings. The van der Waals surface area contributed by atoms with Crippen LogP contribution in [0, 0.1) is 12.7 Å². The predicted octanol–water partition coefficient (Wildman–Crippen LogP) is 6.29. The molecule has 0 saturated heterocycles. The van der Waals surface area contributed by atoms with E-state index < -0.39 is 11.8 Å². The van der Waals surface area contributed by atoms with Gasteiger partial charge in [-0.15, -0.1) is 0 Å². The Balaban J connectivity index is 1.31. The lowest BCUT2D eigenvalue weighted by Crippen LogP contribution is -2.21. The van der Waals surface area contributed by atoms with Crippen molar-refractivity contribution in [3.8, 4) is 17.2 Å². The number of nitrogens with one attached hydrogen (secondary N) is 3. The maximum atomic E-state index is 14.7. The van der Waals surface area contributed by atoms with Crippen LogP contribution < -0.4 is 15.4 Å². The Bertz CT molecular complexity index is 1500. The highest BCUT2D eigenvalue weighted by Crippen LogP contribution is 2.34. The number of hydrogen-bond acceptors (Lipinski definition) is 4. The van der Waals surface area contributed by atoms with E-state index in [-0.39, 0.29) is 11.4 Å². The van der Waals surface area contributed by atoms with Crippen LogP contribution in [0.5, 0.6) is 11.5 Å². The lowest BCUT2D eigenvalue weighted by molar-refractivity contribution is 0.262. The standard InChI is InChI=1S/C24H18ClFN6O2/c1-14-11-21(32(31-14)15-5-3-2-4-6-15)30-24(33)29-19-8-7-16(12-18(19)26)34-20-9-10-27-23-22(20)17(25)13-28-23/h2-13H,1H3,(H,27,28)(H2,29,30,33).